The molecule has 0 atom stereocenters. The van der Waals surface area contributed by atoms with Gasteiger partial charge in [0.25, 0.3) is 11.5 Å². The third kappa shape index (κ3) is 4.14. The van der Waals surface area contributed by atoms with Crippen LogP contribution in [0.1, 0.15) is 28.0 Å². The first kappa shape index (κ1) is 16.3. The molecule has 1 rings (SSSR count). The highest BCUT2D eigenvalue weighted by Gasteiger charge is 2.17. The minimum Gasteiger partial charge on any atom is -0.394 e. The number of amides is 1. The molecule has 1 amide bonds. The van der Waals surface area contributed by atoms with E-state index in [9.17, 15) is 9.59 Å². The van der Waals surface area contributed by atoms with Crippen LogP contribution in [0.5, 0.6) is 0 Å². The maximum absolute atomic E-state index is 12.0. The largest absolute Gasteiger partial charge is 0.394 e. The molecule has 0 spiro atoms. The van der Waals surface area contributed by atoms with E-state index in [1.807, 2.05) is 0 Å². The minimum atomic E-state index is -0.401. The number of carbonyl (C=O) groups is 1. The third-order valence-corrected chi connectivity index (χ3v) is 2.94. The van der Waals surface area contributed by atoms with Gasteiger partial charge in [0, 0.05) is 20.2 Å². The van der Waals surface area contributed by atoms with E-state index in [2.05, 4.69) is 10.4 Å². The van der Waals surface area contributed by atoms with Crippen LogP contribution in [0.15, 0.2) is 4.79 Å². The summed E-state index contributed by atoms with van der Waals surface area (Å²) in [4.78, 5) is 24.0. The molecule has 0 fully saturated rings. The second-order valence-electron chi connectivity index (χ2n) is 4.46. The molecule has 0 aliphatic carbocycles. The Bertz CT molecular complexity index is 525. The molecule has 112 valence electrons. The molecule has 7 nitrogen and oxygen atoms in total. The van der Waals surface area contributed by atoms with Crippen molar-refractivity contribution in [2.24, 2.45) is 7.05 Å². The summed E-state index contributed by atoms with van der Waals surface area (Å²) in [6, 6.07) is 0. The second-order valence-corrected chi connectivity index (χ2v) is 4.46. The second kappa shape index (κ2) is 7.76. The predicted molar refractivity (Wildman–Crippen MR) is 73.8 cm³/mol. The number of hydrogen-bond acceptors (Lipinski definition) is 5. The van der Waals surface area contributed by atoms with E-state index in [1.54, 1.807) is 13.8 Å². The van der Waals surface area contributed by atoms with Crippen molar-refractivity contribution in [1.29, 1.82) is 0 Å². The molecule has 1 aromatic heterocycles. The van der Waals surface area contributed by atoms with Crippen LogP contribution in [0, 0.1) is 13.8 Å². The molecular formula is C13H21N3O4. The number of aliphatic hydroxyl groups is 1. The van der Waals surface area contributed by atoms with Gasteiger partial charge in [-0.1, -0.05) is 0 Å². The van der Waals surface area contributed by atoms with Gasteiger partial charge >= 0.3 is 0 Å². The molecule has 0 saturated carbocycles. The van der Waals surface area contributed by atoms with Gasteiger partial charge in [0.15, 0.2) is 0 Å². The van der Waals surface area contributed by atoms with Crippen molar-refractivity contribution in [3.8, 4) is 0 Å². The van der Waals surface area contributed by atoms with E-state index in [0.717, 1.165) is 0 Å². The fourth-order valence-corrected chi connectivity index (χ4v) is 1.75. The Morgan fingerprint density at radius 2 is 2.10 bits per heavy atom. The Labute approximate surface area is 117 Å². The van der Waals surface area contributed by atoms with Crippen molar-refractivity contribution in [3.05, 3.63) is 27.2 Å². The number of hydrogen-bond donors (Lipinski definition) is 2. The average molecular weight is 283 g/mol. The van der Waals surface area contributed by atoms with E-state index in [4.69, 9.17) is 9.84 Å². The van der Waals surface area contributed by atoms with E-state index in [-0.39, 0.29) is 18.8 Å². The molecule has 0 aromatic carbocycles. The molecule has 2 N–H and O–H groups in total. The zero-order valence-corrected chi connectivity index (χ0v) is 12.1. The van der Waals surface area contributed by atoms with Crippen LogP contribution in [0.3, 0.4) is 0 Å². The molecule has 1 heterocycles. The van der Waals surface area contributed by atoms with Gasteiger partial charge in [0.05, 0.1) is 18.9 Å². The van der Waals surface area contributed by atoms with Gasteiger partial charge in [-0.15, -0.1) is 0 Å². The number of aryl methyl sites for hydroxylation is 2. The monoisotopic (exact) mass is 283 g/mol. The highest BCUT2D eigenvalue weighted by molar-refractivity contribution is 5.95. The lowest BCUT2D eigenvalue weighted by Gasteiger charge is -2.10. The lowest BCUT2D eigenvalue weighted by atomic mass is 10.1. The molecule has 0 unspecified atom stereocenters. The maximum atomic E-state index is 12.0. The summed E-state index contributed by atoms with van der Waals surface area (Å²) >= 11 is 0. The Morgan fingerprint density at radius 3 is 2.75 bits per heavy atom. The summed E-state index contributed by atoms with van der Waals surface area (Å²) < 4.78 is 6.25. The van der Waals surface area contributed by atoms with Crippen LogP contribution >= 0.6 is 0 Å². The number of nitrogens with zero attached hydrogens (tertiary/aromatic N) is 2. The average Bonchev–Trinajstić information content (AvgIpc) is 2.41. The molecule has 1 aromatic rings. The van der Waals surface area contributed by atoms with Crippen molar-refractivity contribution in [2.75, 3.05) is 26.4 Å². The molecule has 0 saturated heterocycles. The normalized spacial score (nSPS) is 10.6. The first-order valence-corrected chi connectivity index (χ1v) is 6.50. The number of aromatic nitrogens is 2. The number of rotatable bonds is 7. The first-order valence-electron chi connectivity index (χ1n) is 6.50. The van der Waals surface area contributed by atoms with Gasteiger partial charge in [-0.3, -0.25) is 9.59 Å². The Morgan fingerprint density at radius 1 is 1.40 bits per heavy atom. The standard InChI is InChI=1S/C13H21N3O4/c1-9-10(2)15-16(3)13(19)11(9)12(18)14-5-4-7-20-8-6-17/h17H,4-8H2,1-3H3,(H,14,18). The molecule has 20 heavy (non-hydrogen) atoms. The van der Waals surface area contributed by atoms with Gasteiger partial charge in [-0.25, -0.2) is 4.68 Å². The summed E-state index contributed by atoms with van der Waals surface area (Å²) in [6.45, 7) is 4.60. The summed E-state index contributed by atoms with van der Waals surface area (Å²) in [5, 5.41) is 15.3. The van der Waals surface area contributed by atoms with Crippen molar-refractivity contribution in [3.63, 3.8) is 0 Å². The SMILES string of the molecule is Cc1nn(C)c(=O)c(C(=O)NCCCOCCO)c1C. The van der Waals surface area contributed by atoms with Crippen LogP contribution in [-0.4, -0.2) is 47.2 Å². The van der Waals surface area contributed by atoms with E-state index in [1.165, 1.54) is 11.7 Å². The van der Waals surface area contributed by atoms with Crippen molar-refractivity contribution in [2.45, 2.75) is 20.3 Å². The van der Waals surface area contributed by atoms with Crippen LogP contribution in [0.25, 0.3) is 0 Å². The van der Waals surface area contributed by atoms with Crippen LogP contribution in [0.4, 0.5) is 0 Å². The molecule has 0 aliphatic rings. The Hall–Kier alpha value is -1.73. The lowest BCUT2D eigenvalue weighted by molar-refractivity contribution is 0.0866. The third-order valence-electron chi connectivity index (χ3n) is 2.94. The van der Waals surface area contributed by atoms with E-state index < -0.39 is 11.5 Å². The molecule has 0 radical (unpaired) electrons. The van der Waals surface area contributed by atoms with Gasteiger partial charge in [0.1, 0.15) is 5.56 Å². The molecular weight excluding hydrogens is 262 g/mol. The zero-order chi connectivity index (χ0) is 15.1. The predicted octanol–water partition coefficient (Wildman–Crippen LogP) is -0.474. The van der Waals surface area contributed by atoms with Crippen LogP contribution < -0.4 is 10.9 Å². The minimum absolute atomic E-state index is 0.0160. The Kier molecular flexibility index (Phi) is 6.33. The summed E-state index contributed by atoms with van der Waals surface area (Å²) in [7, 11) is 1.52. The number of nitrogens with one attached hydrogen (secondary N) is 1. The van der Waals surface area contributed by atoms with Gasteiger partial charge in [0.2, 0.25) is 0 Å². The molecule has 7 heteroatoms. The first-order chi connectivity index (χ1) is 9.49. The van der Waals surface area contributed by atoms with Crippen LogP contribution in [-0.2, 0) is 11.8 Å². The van der Waals surface area contributed by atoms with E-state index in [0.29, 0.717) is 30.8 Å². The maximum Gasteiger partial charge on any atom is 0.279 e. The summed E-state index contributed by atoms with van der Waals surface area (Å²) in [5.74, 6) is -0.393. The number of aliphatic hydroxyl groups excluding tert-OH is 1. The van der Waals surface area contributed by atoms with Gasteiger partial charge in [-0.05, 0) is 25.8 Å². The van der Waals surface area contributed by atoms with Gasteiger partial charge in [-0.2, -0.15) is 5.10 Å². The van der Waals surface area contributed by atoms with Crippen molar-refractivity contribution in [1.82, 2.24) is 15.1 Å². The van der Waals surface area contributed by atoms with Gasteiger partial charge < -0.3 is 15.2 Å². The number of carbonyl (C=O) groups excluding carboxylic acids is 1. The van der Waals surface area contributed by atoms with Crippen LogP contribution in [0.2, 0.25) is 0 Å². The quantitative estimate of drug-likeness (QED) is 0.660. The van der Waals surface area contributed by atoms with Crippen molar-refractivity contribution >= 4 is 5.91 Å². The molecule has 0 bridgehead atoms. The topological polar surface area (TPSA) is 93.5 Å². The lowest BCUT2D eigenvalue weighted by Crippen LogP contribution is -2.35. The van der Waals surface area contributed by atoms with E-state index >= 15 is 0 Å². The fraction of sp³-hybridized carbons (Fsp3) is 0.615. The highest BCUT2D eigenvalue weighted by Crippen LogP contribution is 2.05. The highest BCUT2D eigenvalue weighted by atomic mass is 16.5. The summed E-state index contributed by atoms with van der Waals surface area (Å²) in [5.41, 5.74) is 0.990. The smallest absolute Gasteiger partial charge is 0.279 e. The summed E-state index contributed by atoms with van der Waals surface area (Å²) in [6.07, 6.45) is 0.620. The molecule has 0 aliphatic heterocycles. The fourth-order valence-electron chi connectivity index (χ4n) is 1.75. The Balaban J connectivity index is 2.63. The number of ether oxygens (including phenoxy) is 1. The zero-order valence-electron chi connectivity index (χ0n) is 12.1. The van der Waals surface area contributed by atoms with Crippen molar-refractivity contribution < 1.29 is 14.6 Å².